The van der Waals surface area contributed by atoms with Crippen LogP contribution in [-0.4, -0.2) is 42.0 Å². The molecule has 0 saturated carbocycles. The topological polar surface area (TPSA) is 83.6 Å². The van der Waals surface area contributed by atoms with Crippen LogP contribution in [0.3, 0.4) is 0 Å². The highest BCUT2D eigenvalue weighted by atomic mass is 16.2. The molecule has 0 aromatic carbocycles. The number of amides is 3. The molecule has 0 saturated heterocycles. The van der Waals surface area contributed by atoms with Gasteiger partial charge < -0.3 is 10.1 Å². The highest BCUT2D eigenvalue weighted by molar-refractivity contribution is 6.13. The van der Waals surface area contributed by atoms with Crippen molar-refractivity contribution in [1.29, 1.82) is 0 Å². The second-order valence-electron chi connectivity index (χ2n) is 2.88. The predicted molar refractivity (Wildman–Crippen MR) is 49.6 cm³/mol. The first-order valence-electron chi connectivity index (χ1n) is 4.39. The zero-order chi connectivity index (χ0) is 11.3. The van der Waals surface area contributed by atoms with Crippen LogP contribution in [0.2, 0.25) is 0 Å². The molecule has 0 fully saturated rings. The molecule has 1 aliphatic rings. The molecule has 6 nitrogen and oxygen atoms in total. The highest BCUT2D eigenvalue weighted by Gasteiger charge is 2.23. The molecule has 0 aliphatic carbocycles. The molecule has 1 N–H and O–H groups in total. The van der Waals surface area contributed by atoms with Crippen LogP contribution in [0.1, 0.15) is 6.42 Å². The summed E-state index contributed by atoms with van der Waals surface area (Å²) in [6.45, 7) is -0.0195. The van der Waals surface area contributed by atoms with Crippen LogP contribution in [0.25, 0.3) is 0 Å². The van der Waals surface area contributed by atoms with Crippen LogP contribution in [0.5, 0.6) is 0 Å². The van der Waals surface area contributed by atoms with Gasteiger partial charge in [0.05, 0.1) is 6.54 Å². The minimum absolute atomic E-state index is 0.00694. The van der Waals surface area contributed by atoms with Gasteiger partial charge in [0.25, 0.3) is 11.8 Å². The van der Waals surface area contributed by atoms with Crippen molar-refractivity contribution < 1.29 is 19.2 Å². The van der Waals surface area contributed by atoms with Gasteiger partial charge in [0.2, 0.25) is 5.91 Å². The molecule has 0 spiro atoms. The molecule has 6 heteroatoms. The smallest absolute Gasteiger partial charge is 0.253 e. The fourth-order valence-electron chi connectivity index (χ4n) is 1.11. The van der Waals surface area contributed by atoms with E-state index < -0.39 is 11.8 Å². The van der Waals surface area contributed by atoms with E-state index in [1.54, 1.807) is 0 Å². The van der Waals surface area contributed by atoms with Gasteiger partial charge in [-0.15, -0.1) is 0 Å². The minimum atomic E-state index is -0.414. The highest BCUT2D eigenvalue weighted by Crippen LogP contribution is 2.03. The first-order valence-corrected chi connectivity index (χ1v) is 4.39. The van der Waals surface area contributed by atoms with Crippen molar-refractivity contribution in [3.8, 4) is 0 Å². The van der Waals surface area contributed by atoms with Crippen molar-refractivity contribution >= 4 is 24.0 Å². The number of hydrogen-bond donors (Lipinski definition) is 1. The van der Waals surface area contributed by atoms with Gasteiger partial charge in [-0.05, 0) is 0 Å². The Labute approximate surface area is 85.9 Å². The Hall–Kier alpha value is -1.98. The molecule has 1 rings (SSSR count). The van der Waals surface area contributed by atoms with E-state index in [1.807, 2.05) is 0 Å². The Bertz CT molecular complexity index is 317. The van der Waals surface area contributed by atoms with Gasteiger partial charge in [-0.25, -0.2) is 0 Å². The average molecular weight is 210 g/mol. The van der Waals surface area contributed by atoms with E-state index in [0.717, 1.165) is 17.1 Å². The van der Waals surface area contributed by atoms with Gasteiger partial charge in [0, 0.05) is 25.1 Å². The van der Waals surface area contributed by atoms with Crippen molar-refractivity contribution in [2.45, 2.75) is 6.42 Å². The maximum atomic E-state index is 11.0. The summed E-state index contributed by atoms with van der Waals surface area (Å²) in [5.74, 6) is -1.19. The van der Waals surface area contributed by atoms with Crippen LogP contribution >= 0.6 is 0 Å². The van der Waals surface area contributed by atoms with Gasteiger partial charge in [-0.3, -0.25) is 19.3 Å². The van der Waals surface area contributed by atoms with Crippen LogP contribution < -0.4 is 5.32 Å². The van der Waals surface area contributed by atoms with E-state index >= 15 is 0 Å². The van der Waals surface area contributed by atoms with Crippen molar-refractivity contribution in [2.75, 3.05) is 13.1 Å². The van der Waals surface area contributed by atoms with E-state index in [-0.39, 0.29) is 25.4 Å². The first kappa shape index (κ1) is 11.1. The molecule has 15 heavy (non-hydrogen) atoms. The number of carbonyl (C=O) groups is 4. The summed E-state index contributed by atoms with van der Waals surface area (Å²) in [7, 11) is 0. The Morgan fingerprint density at radius 2 is 1.93 bits per heavy atom. The van der Waals surface area contributed by atoms with Crippen molar-refractivity contribution in [3.63, 3.8) is 0 Å². The normalized spacial score (nSPS) is 14.5. The summed E-state index contributed by atoms with van der Waals surface area (Å²) in [5.41, 5.74) is 0. The monoisotopic (exact) mass is 210 g/mol. The van der Waals surface area contributed by atoms with E-state index in [0.29, 0.717) is 6.29 Å². The van der Waals surface area contributed by atoms with Gasteiger partial charge in [-0.1, -0.05) is 0 Å². The SMILES string of the molecule is O=CCNC(=O)CCN1C(=O)C=CC1=O. The quantitative estimate of drug-likeness (QED) is 0.447. The number of nitrogens with zero attached hydrogens (tertiary/aromatic N) is 1. The molecule has 0 unspecified atom stereocenters. The van der Waals surface area contributed by atoms with E-state index in [9.17, 15) is 19.2 Å². The number of carbonyl (C=O) groups excluding carboxylic acids is 4. The molecule has 0 aromatic rings. The number of nitrogens with one attached hydrogen (secondary N) is 1. The van der Waals surface area contributed by atoms with Crippen molar-refractivity contribution in [1.82, 2.24) is 10.2 Å². The third kappa shape index (κ3) is 3.01. The van der Waals surface area contributed by atoms with Gasteiger partial charge in [0.15, 0.2) is 0 Å². The minimum Gasteiger partial charge on any atom is -0.349 e. The van der Waals surface area contributed by atoms with Crippen molar-refractivity contribution in [3.05, 3.63) is 12.2 Å². The average Bonchev–Trinajstić information content (AvgIpc) is 2.53. The second kappa shape index (κ2) is 5.04. The number of rotatable bonds is 5. The Morgan fingerprint density at radius 3 is 2.47 bits per heavy atom. The largest absolute Gasteiger partial charge is 0.349 e. The molecular weight excluding hydrogens is 200 g/mol. The van der Waals surface area contributed by atoms with Crippen LogP contribution in [-0.2, 0) is 19.2 Å². The molecule has 80 valence electrons. The van der Waals surface area contributed by atoms with E-state index in [2.05, 4.69) is 5.32 Å². The lowest BCUT2D eigenvalue weighted by molar-refractivity contribution is -0.137. The predicted octanol–water partition coefficient (Wildman–Crippen LogP) is -1.38. The molecule has 1 heterocycles. The van der Waals surface area contributed by atoms with Gasteiger partial charge in [-0.2, -0.15) is 0 Å². The summed E-state index contributed by atoms with van der Waals surface area (Å²) in [4.78, 5) is 44.0. The standard InChI is InChI=1S/C9H10N2O4/c12-6-4-10-7(13)3-5-11-8(14)1-2-9(11)15/h1-2,6H,3-5H2,(H,10,13). The van der Waals surface area contributed by atoms with Crippen LogP contribution in [0.15, 0.2) is 12.2 Å². The van der Waals surface area contributed by atoms with Gasteiger partial charge >= 0.3 is 0 Å². The summed E-state index contributed by atoms with van der Waals surface area (Å²) in [6, 6.07) is 0. The third-order valence-electron chi connectivity index (χ3n) is 1.85. The number of aldehydes is 1. The first-order chi connectivity index (χ1) is 7.15. The lowest BCUT2D eigenvalue weighted by Crippen LogP contribution is -2.35. The third-order valence-corrected chi connectivity index (χ3v) is 1.85. The molecule has 1 aliphatic heterocycles. The molecule has 0 radical (unpaired) electrons. The summed E-state index contributed by atoms with van der Waals surface area (Å²) < 4.78 is 0. The maximum Gasteiger partial charge on any atom is 0.253 e. The molecular formula is C9H10N2O4. The van der Waals surface area contributed by atoms with Crippen molar-refractivity contribution in [2.24, 2.45) is 0 Å². The van der Waals surface area contributed by atoms with E-state index in [4.69, 9.17) is 0 Å². The fraction of sp³-hybridized carbons (Fsp3) is 0.333. The lowest BCUT2D eigenvalue weighted by atomic mass is 10.3. The molecule has 0 bridgehead atoms. The Morgan fingerprint density at radius 1 is 1.33 bits per heavy atom. The zero-order valence-electron chi connectivity index (χ0n) is 7.93. The number of hydrogen-bond acceptors (Lipinski definition) is 4. The van der Waals surface area contributed by atoms with Crippen LogP contribution in [0.4, 0.5) is 0 Å². The van der Waals surface area contributed by atoms with Crippen LogP contribution in [0, 0.1) is 0 Å². The summed E-state index contributed by atoms with van der Waals surface area (Å²) >= 11 is 0. The summed E-state index contributed by atoms with van der Waals surface area (Å²) in [5, 5.41) is 2.31. The fourth-order valence-corrected chi connectivity index (χ4v) is 1.11. The molecule has 0 aromatic heterocycles. The zero-order valence-corrected chi connectivity index (χ0v) is 7.93. The number of imide groups is 1. The molecule has 3 amide bonds. The maximum absolute atomic E-state index is 11.0. The lowest BCUT2D eigenvalue weighted by Gasteiger charge is -2.12. The summed E-state index contributed by atoms with van der Waals surface area (Å²) in [6.07, 6.45) is 2.88. The Balaban J connectivity index is 2.31. The molecule has 0 atom stereocenters. The van der Waals surface area contributed by atoms with E-state index in [1.165, 1.54) is 0 Å². The second-order valence-corrected chi connectivity index (χ2v) is 2.88. The Kier molecular flexibility index (Phi) is 3.73. The van der Waals surface area contributed by atoms with Gasteiger partial charge in [0.1, 0.15) is 6.29 Å².